The lowest BCUT2D eigenvalue weighted by Crippen LogP contribution is -2.29. The third-order valence-corrected chi connectivity index (χ3v) is 4.16. The molecule has 1 amide bonds. The van der Waals surface area contributed by atoms with Crippen molar-refractivity contribution < 1.29 is 9.59 Å². The Bertz CT molecular complexity index is 771. The molecule has 21 heavy (non-hydrogen) atoms. The molecule has 0 N–H and O–H groups in total. The fourth-order valence-electron chi connectivity index (χ4n) is 2.53. The lowest BCUT2D eigenvalue weighted by molar-refractivity contribution is -0.114. The lowest BCUT2D eigenvalue weighted by atomic mass is 10.0. The predicted octanol–water partition coefficient (Wildman–Crippen LogP) is 3.08. The number of anilines is 1. The zero-order valence-corrected chi connectivity index (χ0v) is 12.4. The Morgan fingerprint density at radius 1 is 1.19 bits per heavy atom. The molecule has 0 bridgehead atoms. The van der Waals surface area contributed by atoms with Gasteiger partial charge in [0.25, 0.3) is 11.7 Å². The number of hydrogen-bond donors (Lipinski definition) is 0. The third kappa shape index (κ3) is 2.12. The minimum absolute atomic E-state index is 0.245. The van der Waals surface area contributed by atoms with Gasteiger partial charge in [-0.05, 0) is 37.1 Å². The first-order valence-corrected chi connectivity index (χ1v) is 6.94. The molecular formula is C16H13ClN2O2. The van der Waals surface area contributed by atoms with Crippen LogP contribution in [0.25, 0.3) is 0 Å². The first-order valence-electron chi connectivity index (χ1n) is 6.56. The molecule has 1 aromatic carbocycles. The summed E-state index contributed by atoms with van der Waals surface area (Å²) in [5.74, 6) is -0.980. The molecule has 0 fully saturated rings. The number of hydrogen-bond acceptors (Lipinski definition) is 3. The summed E-state index contributed by atoms with van der Waals surface area (Å²) in [7, 11) is 0. The van der Waals surface area contributed by atoms with E-state index in [2.05, 4.69) is 4.98 Å². The Kier molecular flexibility index (Phi) is 3.26. The van der Waals surface area contributed by atoms with Crippen molar-refractivity contribution in [1.82, 2.24) is 4.98 Å². The van der Waals surface area contributed by atoms with Gasteiger partial charge < -0.3 is 0 Å². The van der Waals surface area contributed by atoms with E-state index >= 15 is 0 Å². The number of aromatic nitrogens is 1. The molecule has 4 nitrogen and oxygen atoms in total. The number of benzene rings is 1. The van der Waals surface area contributed by atoms with Crippen molar-refractivity contribution in [3.8, 4) is 0 Å². The van der Waals surface area contributed by atoms with Crippen LogP contribution < -0.4 is 4.90 Å². The van der Waals surface area contributed by atoms with Crippen LogP contribution in [0.3, 0.4) is 0 Å². The second-order valence-electron chi connectivity index (χ2n) is 5.08. The van der Waals surface area contributed by atoms with Gasteiger partial charge in [-0.15, -0.1) is 0 Å². The number of carbonyl (C=O) groups is 2. The summed E-state index contributed by atoms with van der Waals surface area (Å²) in [6.45, 7) is 4.12. The number of fused-ring (bicyclic) bond motifs is 1. The molecular weight excluding hydrogens is 288 g/mol. The molecule has 1 aromatic heterocycles. The SMILES string of the molecule is Cc1ccc2c(c1C)N(Cc1cccnc1Cl)C(=O)C2=O. The topological polar surface area (TPSA) is 50.3 Å². The molecule has 0 saturated carbocycles. The van der Waals surface area contributed by atoms with Crippen LogP contribution in [-0.2, 0) is 11.3 Å². The predicted molar refractivity (Wildman–Crippen MR) is 80.7 cm³/mol. The molecule has 3 rings (SSSR count). The zero-order valence-electron chi connectivity index (χ0n) is 11.7. The minimum atomic E-state index is -0.515. The van der Waals surface area contributed by atoms with E-state index in [4.69, 9.17) is 11.6 Å². The Labute approximate surface area is 127 Å². The van der Waals surface area contributed by atoms with Crippen molar-refractivity contribution in [2.75, 3.05) is 4.90 Å². The molecule has 1 aliphatic rings. The van der Waals surface area contributed by atoms with Crippen LogP contribution in [0.1, 0.15) is 27.0 Å². The van der Waals surface area contributed by atoms with Crippen molar-refractivity contribution in [3.05, 3.63) is 57.9 Å². The second kappa shape index (κ2) is 4.97. The van der Waals surface area contributed by atoms with Crippen LogP contribution in [-0.4, -0.2) is 16.7 Å². The van der Waals surface area contributed by atoms with Gasteiger partial charge in [0, 0.05) is 11.8 Å². The highest BCUT2D eigenvalue weighted by molar-refractivity contribution is 6.52. The van der Waals surface area contributed by atoms with Crippen molar-refractivity contribution in [1.29, 1.82) is 0 Å². The van der Waals surface area contributed by atoms with Gasteiger partial charge >= 0.3 is 0 Å². The molecule has 5 heteroatoms. The Morgan fingerprint density at radius 2 is 1.95 bits per heavy atom. The highest BCUT2D eigenvalue weighted by Crippen LogP contribution is 2.35. The summed E-state index contributed by atoms with van der Waals surface area (Å²) in [5, 5.41) is 0.344. The zero-order chi connectivity index (χ0) is 15.1. The van der Waals surface area contributed by atoms with E-state index in [0.29, 0.717) is 22.0 Å². The Morgan fingerprint density at radius 3 is 2.67 bits per heavy atom. The molecule has 1 aliphatic heterocycles. The van der Waals surface area contributed by atoms with E-state index in [-0.39, 0.29) is 6.54 Å². The summed E-state index contributed by atoms with van der Waals surface area (Å²) in [4.78, 5) is 29.9. The van der Waals surface area contributed by atoms with E-state index in [0.717, 1.165) is 11.1 Å². The van der Waals surface area contributed by atoms with Gasteiger partial charge in [-0.3, -0.25) is 14.5 Å². The molecule has 0 atom stereocenters. The highest BCUT2D eigenvalue weighted by atomic mass is 35.5. The van der Waals surface area contributed by atoms with Crippen molar-refractivity contribution in [2.45, 2.75) is 20.4 Å². The van der Waals surface area contributed by atoms with Gasteiger partial charge in [-0.25, -0.2) is 4.98 Å². The van der Waals surface area contributed by atoms with Crippen LogP contribution in [0.4, 0.5) is 5.69 Å². The molecule has 0 radical (unpaired) electrons. The smallest absolute Gasteiger partial charge is 0.299 e. The summed E-state index contributed by atoms with van der Waals surface area (Å²) < 4.78 is 0. The van der Waals surface area contributed by atoms with Crippen LogP contribution >= 0.6 is 11.6 Å². The maximum absolute atomic E-state index is 12.3. The number of ketones is 1. The normalized spacial score (nSPS) is 13.8. The Hall–Kier alpha value is -2.20. The fraction of sp³-hybridized carbons (Fsp3) is 0.188. The van der Waals surface area contributed by atoms with Crippen molar-refractivity contribution in [3.63, 3.8) is 0 Å². The third-order valence-electron chi connectivity index (χ3n) is 3.82. The van der Waals surface area contributed by atoms with Gasteiger partial charge in [-0.1, -0.05) is 23.7 Å². The summed E-state index contributed by atoms with van der Waals surface area (Å²) >= 11 is 6.05. The van der Waals surface area contributed by atoms with E-state index in [9.17, 15) is 9.59 Å². The average Bonchev–Trinajstić information content (AvgIpc) is 2.71. The molecule has 0 unspecified atom stereocenters. The number of rotatable bonds is 2. The molecule has 106 valence electrons. The number of Topliss-reactive ketones (excluding diaryl/α,β-unsaturated/α-hetero) is 1. The quantitative estimate of drug-likeness (QED) is 0.632. The average molecular weight is 301 g/mol. The fourth-order valence-corrected chi connectivity index (χ4v) is 2.71. The van der Waals surface area contributed by atoms with Gasteiger partial charge in [0.05, 0.1) is 17.8 Å². The second-order valence-corrected chi connectivity index (χ2v) is 5.44. The molecule has 0 aliphatic carbocycles. The van der Waals surface area contributed by atoms with Gasteiger partial charge in [-0.2, -0.15) is 0 Å². The van der Waals surface area contributed by atoms with Gasteiger partial charge in [0.15, 0.2) is 0 Å². The number of halogens is 1. The van der Waals surface area contributed by atoms with Gasteiger partial charge in [0.2, 0.25) is 0 Å². The van der Waals surface area contributed by atoms with E-state index in [1.54, 1.807) is 24.4 Å². The Balaban J connectivity index is 2.09. The van der Waals surface area contributed by atoms with Gasteiger partial charge in [0.1, 0.15) is 5.15 Å². The van der Waals surface area contributed by atoms with E-state index in [1.807, 2.05) is 19.9 Å². The first-order chi connectivity index (χ1) is 10.0. The lowest BCUT2D eigenvalue weighted by Gasteiger charge is -2.19. The summed E-state index contributed by atoms with van der Waals surface area (Å²) in [5.41, 5.74) is 3.84. The summed E-state index contributed by atoms with van der Waals surface area (Å²) in [6, 6.07) is 7.13. The highest BCUT2D eigenvalue weighted by Gasteiger charge is 2.37. The van der Waals surface area contributed by atoms with E-state index < -0.39 is 11.7 Å². The van der Waals surface area contributed by atoms with Crippen molar-refractivity contribution in [2.24, 2.45) is 0 Å². The van der Waals surface area contributed by atoms with Crippen LogP contribution in [0.5, 0.6) is 0 Å². The van der Waals surface area contributed by atoms with Crippen molar-refractivity contribution >= 4 is 29.0 Å². The maximum atomic E-state index is 12.3. The van der Waals surface area contributed by atoms with Crippen LogP contribution in [0.2, 0.25) is 5.15 Å². The number of aryl methyl sites for hydroxylation is 1. The molecule has 0 saturated heterocycles. The van der Waals surface area contributed by atoms with E-state index in [1.165, 1.54) is 4.90 Å². The number of carbonyl (C=O) groups excluding carboxylic acids is 2. The van der Waals surface area contributed by atoms with Crippen LogP contribution in [0, 0.1) is 13.8 Å². The maximum Gasteiger partial charge on any atom is 0.299 e. The number of pyridine rings is 1. The minimum Gasteiger partial charge on any atom is -0.300 e. The first kappa shape index (κ1) is 13.8. The number of nitrogens with zero attached hydrogens (tertiary/aromatic N) is 2. The standard InChI is InChI=1S/C16H13ClN2O2/c1-9-5-6-12-13(10(9)2)19(16(21)14(12)20)8-11-4-3-7-18-15(11)17/h3-7H,8H2,1-2H3. The van der Waals surface area contributed by atoms with Crippen LogP contribution in [0.15, 0.2) is 30.5 Å². The number of amides is 1. The summed E-state index contributed by atoms with van der Waals surface area (Å²) in [6.07, 6.45) is 1.59. The molecule has 0 spiro atoms. The molecule has 2 aromatic rings. The largest absolute Gasteiger partial charge is 0.300 e. The monoisotopic (exact) mass is 300 g/mol. The molecule has 2 heterocycles.